The minimum atomic E-state index is -0.297. The molecule has 1 atom stereocenters. The molecule has 130 valence electrons. The average molecular weight is 379 g/mol. The Labute approximate surface area is 155 Å². The summed E-state index contributed by atoms with van der Waals surface area (Å²) < 4.78 is 0. The van der Waals surface area contributed by atoms with E-state index in [9.17, 15) is 0 Å². The number of anilines is 1. The number of nitrogens with two attached hydrogens (primary N) is 1. The lowest BCUT2D eigenvalue weighted by molar-refractivity contribution is -0.141. The fourth-order valence-electron chi connectivity index (χ4n) is 2.31. The number of nitriles is 1. The Kier molecular flexibility index (Phi) is 5.60. The van der Waals surface area contributed by atoms with E-state index in [0.29, 0.717) is 34.7 Å². The summed E-state index contributed by atoms with van der Waals surface area (Å²) in [6.45, 7) is 0.728. The second-order valence-electron chi connectivity index (χ2n) is 5.38. The standard InChI is InChI=1S/C16H16Cl2N6O/c17-13-2-1-3-14(18)15(13)25-23-9-21-16(24(20)10-23)22-12-6-4-11(8-19)5-7-12/h1-7,16,21-22H,9-10,20H2. The summed E-state index contributed by atoms with van der Waals surface area (Å²) in [4.78, 5) is 5.74. The molecule has 2 aromatic rings. The number of hydrogen-bond acceptors (Lipinski definition) is 7. The van der Waals surface area contributed by atoms with E-state index in [1.807, 2.05) is 12.1 Å². The first-order valence-electron chi connectivity index (χ1n) is 7.45. The fraction of sp³-hybridized carbons (Fsp3) is 0.188. The largest absolute Gasteiger partial charge is 0.400 e. The molecule has 7 nitrogen and oxygen atoms in total. The van der Waals surface area contributed by atoms with Crippen LogP contribution in [0.2, 0.25) is 10.0 Å². The average Bonchev–Trinajstić information content (AvgIpc) is 2.61. The highest BCUT2D eigenvalue weighted by Gasteiger charge is 2.26. The van der Waals surface area contributed by atoms with Crippen LogP contribution in [-0.4, -0.2) is 29.7 Å². The quantitative estimate of drug-likeness (QED) is 0.704. The second-order valence-corrected chi connectivity index (χ2v) is 6.19. The highest BCUT2D eigenvalue weighted by molar-refractivity contribution is 6.37. The highest BCUT2D eigenvalue weighted by atomic mass is 35.5. The van der Waals surface area contributed by atoms with Crippen molar-refractivity contribution in [1.29, 1.82) is 5.26 Å². The number of hydrogen-bond donors (Lipinski definition) is 3. The molecule has 3 rings (SSSR count). The number of hydroxylamine groups is 2. The van der Waals surface area contributed by atoms with Crippen LogP contribution in [0.1, 0.15) is 5.56 Å². The Morgan fingerprint density at radius 3 is 2.48 bits per heavy atom. The van der Waals surface area contributed by atoms with Crippen LogP contribution in [0.4, 0.5) is 5.69 Å². The molecular formula is C16H16Cl2N6O. The monoisotopic (exact) mass is 378 g/mol. The number of hydrazine groups is 1. The maximum atomic E-state index is 8.83. The van der Waals surface area contributed by atoms with Gasteiger partial charge in [-0.2, -0.15) is 10.3 Å². The van der Waals surface area contributed by atoms with E-state index < -0.39 is 0 Å². The third-order valence-corrected chi connectivity index (χ3v) is 4.17. The van der Waals surface area contributed by atoms with Crippen molar-refractivity contribution in [3.05, 3.63) is 58.1 Å². The predicted molar refractivity (Wildman–Crippen MR) is 96.4 cm³/mol. The van der Waals surface area contributed by atoms with Gasteiger partial charge < -0.3 is 10.2 Å². The molecule has 1 heterocycles. The molecular weight excluding hydrogens is 363 g/mol. The minimum absolute atomic E-state index is 0.297. The molecule has 1 unspecified atom stereocenters. The van der Waals surface area contributed by atoms with Gasteiger partial charge >= 0.3 is 0 Å². The van der Waals surface area contributed by atoms with Gasteiger partial charge in [-0.25, -0.2) is 0 Å². The molecule has 0 aromatic heterocycles. The van der Waals surface area contributed by atoms with Crippen molar-refractivity contribution in [2.24, 2.45) is 5.84 Å². The lowest BCUT2D eigenvalue weighted by Crippen LogP contribution is -2.65. The van der Waals surface area contributed by atoms with Gasteiger partial charge in [-0.1, -0.05) is 29.3 Å². The van der Waals surface area contributed by atoms with E-state index in [0.717, 1.165) is 5.69 Å². The summed E-state index contributed by atoms with van der Waals surface area (Å²) in [7, 11) is 0. The van der Waals surface area contributed by atoms with Gasteiger partial charge in [0, 0.05) is 5.69 Å². The third kappa shape index (κ3) is 4.32. The van der Waals surface area contributed by atoms with Gasteiger partial charge in [0.25, 0.3) is 0 Å². The van der Waals surface area contributed by atoms with Crippen LogP contribution < -0.4 is 21.3 Å². The molecule has 0 aliphatic carbocycles. The van der Waals surface area contributed by atoms with Crippen LogP contribution in [0.15, 0.2) is 42.5 Å². The Balaban J connectivity index is 1.59. The van der Waals surface area contributed by atoms with Gasteiger partial charge in [0.05, 0.1) is 28.3 Å². The number of benzene rings is 2. The van der Waals surface area contributed by atoms with Crippen molar-refractivity contribution in [2.45, 2.75) is 6.29 Å². The van der Waals surface area contributed by atoms with Crippen molar-refractivity contribution in [2.75, 3.05) is 18.7 Å². The molecule has 0 bridgehead atoms. The van der Waals surface area contributed by atoms with E-state index in [2.05, 4.69) is 16.7 Å². The maximum absolute atomic E-state index is 8.83. The van der Waals surface area contributed by atoms with Crippen LogP contribution in [0.3, 0.4) is 0 Å². The lowest BCUT2D eigenvalue weighted by atomic mass is 10.2. The first-order valence-corrected chi connectivity index (χ1v) is 8.21. The molecule has 4 N–H and O–H groups in total. The Morgan fingerprint density at radius 1 is 1.20 bits per heavy atom. The van der Waals surface area contributed by atoms with Crippen molar-refractivity contribution in [3.63, 3.8) is 0 Å². The van der Waals surface area contributed by atoms with Crippen LogP contribution in [-0.2, 0) is 0 Å². The second kappa shape index (κ2) is 7.89. The van der Waals surface area contributed by atoms with Crippen LogP contribution in [0.25, 0.3) is 0 Å². The molecule has 0 saturated carbocycles. The van der Waals surface area contributed by atoms with Gasteiger partial charge in [-0.3, -0.25) is 11.2 Å². The number of nitrogens with one attached hydrogen (secondary N) is 2. The van der Waals surface area contributed by atoms with Gasteiger partial charge in [0.1, 0.15) is 13.0 Å². The Hall–Kier alpha value is -2.05. The predicted octanol–water partition coefficient (Wildman–Crippen LogP) is 2.55. The number of halogens is 2. The summed E-state index contributed by atoms with van der Waals surface area (Å²) >= 11 is 12.2. The Bertz CT molecular complexity index is 759. The summed E-state index contributed by atoms with van der Waals surface area (Å²) in [5.74, 6) is 6.46. The maximum Gasteiger partial charge on any atom is 0.184 e. The lowest BCUT2D eigenvalue weighted by Gasteiger charge is -2.39. The molecule has 25 heavy (non-hydrogen) atoms. The molecule has 1 aliphatic heterocycles. The van der Waals surface area contributed by atoms with Crippen molar-refractivity contribution < 1.29 is 4.84 Å². The summed E-state index contributed by atoms with van der Waals surface area (Å²) in [6.07, 6.45) is -0.297. The molecule has 9 heteroatoms. The van der Waals surface area contributed by atoms with Gasteiger partial charge in [-0.05, 0) is 36.4 Å². The van der Waals surface area contributed by atoms with Crippen molar-refractivity contribution in [1.82, 2.24) is 15.4 Å². The van der Waals surface area contributed by atoms with Crippen LogP contribution in [0.5, 0.6) is 5.75 Å². The zero-order chi connectivity index (χ0) is 17.8. The van der Waals surface area contributed by atoms with Crippen LogP contribution >= 0.6 is 23.2 Å². The van der Waals surface area contributed by atoms with E-state index >= 15 is 0 Å². The Morgan fingerprint density at radius 2 is 1.88 bits per heavy atom. The topological polar surface area (TPSA) is 89.6 Å². The van der Waals surface area contributed by atoms with Crippen molar-refractivity contribution in [3.8, 4) is 11.8 Å². The zero-order valence-electron chi connectivity index (χ0n) is 13.1. The summed E-state index contributed by atoms with van der Waals surface area (Å²) in [6, 6.07) is 14.4. The molecule has 0 radical (unpaired) electrons. The summed E-state index contributed by atoms with van der Waals surface area (Å²) in [5, 5.41) is 19.2. The minimum Gasteiger partial charge on any atom is -0.400 e. The number of rotatable bonds is 4. The SMILES string of the molecule is N#Cc1ccc(NC2NCN(Oc3c(Cl)cccc3Cl)CN2N)cc1. The van der Waals surface area contributed by atoms with E-state index in [1.165, 1.54) is 5.01 Å². The first kappa shape index (κ1) is 17.8. The molecule has 1 aliphatic rings. The smallest absolute Gasteiger partial charge is 0.184 e. The van der Waals surface area contributed by atoms with E-state index in [-0.39, 0.29) is 6.29 Å². The van der Waals surface area contributed by atoms with Gasteiger partial charge in [0.2, 0.25) is 0 Å². The molecule has 1 saturated heterocycles. The highest BCUT2D eigenvalue weighted by Crippen LogP contribution is 2.33. The normalized spacial score (nSPS) is 18.6. The van der Waals surface area contributed by atoms with E-state index in [1.54, 1.807) is 35.4 Å². The van der Waals surface area contributed by atoms with E-state index in [4.69, 9.17) is 39.1 Å². The fourth-order valence-corrected chi connectivity index (χ4v) is 2.78. The van der Waals surface area contributed by atoms with Crippen LogP contribution in [0, 0.1) is 11.3 Å². The van der Waals surface area contributed by atoms with Gasteiger partial charge in [-0.15, -0.1) is 5.06 Å². The summed E-state index contributed by atoms with van der Waals surface area (Å²) in [5.41, 5.74) is 1.44. The number of para-hydroxylation sites is 1. The zero-order valence-corrected chi connectivity index (χ0v) is 14.6. The van der Waals surface area contributed by atoms with Gasteiger partial charge in [0.15, 0.2) is 5.75 Å². The first-order chi connectivity index (χ1) is 12.1. The molecule has 0 spiro atoms. The molecule has 0 amide bonds. The van der Waals surface area contributed by atoms with Crippen molar-refractivity contribution >= 4 is 28.9 Å². The molecule has 1 fully saturated rings. The third-order valence-electron chi connectivity index (χ3n) is 3.57. The molecule has 2 aromatic carbocycles. The number of nitrogens with zero attached hydrogens (tertiary/aromatic N) is 3.